The number of carbonyl (C=O) groups is 1. The van der Waals surface area contributed by atoms with E-state index in [1.807, 2.05) is 11.5 Å². The van der Waals surface area contributed by atoms with E-state index in [4.69, 9.17) is 4.18 Å². The Morgan fingerprint density at radius 3 is 2.31 bits per heavy atom. The molecule has 3 rings (SSSR count). The standard InChI is InChI=1S/C20H24N4O6S2/c1-4-20-22-18-13-16(7-10-19(18)24(20)11-12-30-31(3,26)27)23-32(28,29)17-8-5-15(6-9-17)21-14(2)25/h5-10,13,23H,4,11-12H2,1-3H3,(H,21,25). The van der Waals surface area contributed by atoms with Gasteiger partial charge in [0, 0.05) is 25.6 Å². The molecule has 1 heterocycles. The number of benzene rings is 2. The average Bonchev–Trinajstić information content (AvgIpc) is 3.03. The number of sulfonamides is 1. The van der Waals surface area contributed by atoms with Crippen LogP contribution >= 0.6 is 0 Å². The third kappa shape index (κ3) is 5.84. The van der Waals surface area contributed by atoms with Gasteiger partial charge in [0.1, 0.15) is 5.82 Å². The van der Waals surface area contributed by atoms with E-state index in [1.165, 1.54) is 31.2 Å². The third-order valence-electron chi connectivity index (χ3n) is 4.49. The van der Waals surface area contributed by atoms with Crippen LogP contribution in [0.1, 0.15) is 19.7 Å². The fourth-order valence-corrected chi connectivity index (χ4v) is 4.60. The highest BCUT2D eigenvalue weighted by Gasteiger charge is 2.16. The van der Waals surface area contributed by atoms with Crippen molar-refractivity contribution in [2.75, 3.05) is 22.9 Å². The van der Waals surface area contributed by atoms with E-state index in [0.717, 1.165) is 17.6 Å². The quantitative estimate of drug-likeness (QED) is 0.449. The van der Waals surface area contributed by atoms with Crippen molar-refractivity contribution in [1.82, 2.24) is 9.55 Å². The summed E-state index contributed by atoms with van der Waals surface area (Å²) in [6, 6.07) is 10.8. The molecule has 0 saturated heterocycles. The van der Waals surface area contributed by atoms with Crippen LogP contribution in [0.3, 0.4) is 0 Å². The lowest BCUT2D eigenvalue weighted by atomic mass is 10.3. The number of imidazole rings is 1. The van der Waals surface area contributed by atoms with Crippen molar-refractivity contribution in [2.24, 2.45) is 0 Å². The minimum atomic E-state index is -3.85. The van der Waals surface area contributed by atoms with Gasteiger partial charge in [-0.3, -0.25) is 13.7 Å². The maximum Gasteiger partial charge on any atom is 0.264 e. The molecule has 0 aliphatic rings. The summed E-state index contributed by atoms with van der Waals surface area (Å²) in [6.07, 6.45) is 1.60. The molecule has 32 heavy (non-hydrogen) atoms. The van der Waals surface area contributed by atoms with Gasteiger partial charge in [0.2, 0.25) is 5.91 Å². The van der Waals surface area contributed by atoms with Crippen molar-refractivity contribution in [2.45, 2.75) is 31.7 Å². The molecule has 0 fully saturated rings. The van der Waals surface area contributed by atoms with Crippen LogP contribution in [0.25, 0.3) is 11.0 Å². The predicted molar refractivity (Wildman–Crippen MR) is 121 cm³/mol. The molecule has 0 bridgehead atoms. The fourth-order valence-electron chi connectivity index (χ4n) is 3.18. The number of anilines is 2. The average molecular weight is 481 g/mol. The zero-order valence-electron chi connectivity index (χ0n) is 17.8. The second-order valence-corrected chi connectivity index (χ2v) is 10.4. The number of aryl methyl sites for hydroxylation is 1. The lowest BCUT2D eigenvalue weighted by Crippen LogP contribution is -2.13. The Morgan fingerprint density at radius 2 is 1.72 bits per heavy atom. The van der Waals surface area contributed by atoms with E-state index in [2.05, 4.69) is 15.0 Å². The summed E-state index contributed by atoms with van der Waals surface area (Å²) < 4.78 is 57.1. The van der Waals surface area contributed by atoms with Gasteiger partial charge < -0.3 is 9.88 Å². The van der Waals surface area contributed by atoms with Gasteiger partial charge in [-0.25, -0.2) is 13.4 Å². The van der Waals surface area contributed by atoms with Crippen LogP contribution in [0.2, 0.25) is 0 Å². The summed E-state index contributed by atoms with van der Waals surface area (Å²) in [4.78, 5) is 15.7. The number of aromatic nitrogens is 2. The Balaban J connectivity index is 1.82. The molecule has 0 unspecified atom stereocenters. The maximum atomic E-state index is 12.7. The van der Waals surface area contributed by atoms with Crippen LogP contribution < -0.4 is 10.0 Å². The number of rotatable bonds is 9. The van der Waals surface area contributed by atoms with E-state index in [-0.39, 0.29) is 17.4 Å². The van der Waals surface area contributed by atoms with Gasteiger partial charge in [-0.15, -0.1) is 0 Å². The number of nitrogens with one attached hydrogen (secondary N) is 2. The molecule has 2 aromatic carbocycles. The highest BCUT2D eigenvalue weighted by atomic mass is 32.2. The smallest absolute Gasteiger partial charge is 0.264 e. The molecule has 12 heteroatoms. The number of amides is 1. The van der Waals surface area contributed by atoms with Crippen LogP contribution in [0, 0.1) is 0 Å². The van der Waals surface area contributed by atoms with E-state index in [9.17, 15) is 21.6 Å². The van der Waals surface area contributed by atoms with Gasteiger partial charge in [-0.1, -0.05) is 6.92 Å². The molecule has 3 aromatic rings. The maximum absolute atomic E-state index is 12.7. The molecule has 1 aromatic heterocycles. The van der Waals surface area contributed by atoms with Crippen LogP contribution in [-0.2, 0) is 42.1 Å². The number of fused-ring (bicyclic) bond motifs is 1. The topological polar surface area (TPSA) is 136 Å². The van der Waals surface area contributed by atoms with Gasteiger partial charge in [-0.05, 0) is 42.5 Å². The fraction of sp³-hybridized carbons (Fsp3) is 0.300. The Kier molecular flexibility index (Phi) is 6.86. The predicted octanol–water partition coefficient (Wildman–Crippen LogP) is 2.33. The first-order valence-corrected chi connectivity index (χ1v) is 13.0. The first-order valence-electron chi connectivity index (χ1n) is 9.72. The SMILES string of the molecule is CCc1nc2cc(NS(=O)(=O)c3ccc(NC(C)=O)cc3)ccc2n1CCOS(C)(=O)=O. The lowest BCUT2D eigenvalue weighted by molar-refractivity contribution is -0.114. The minimum absolute atomic E-state index is 0.0276. The largest absolute Gasteiger partial charge is 0.326 e. The molecule has 0 radical (unpaired) electrons. The molecule has 172 valence electrons. The normalized spacial score (nSPS) is 12.1. The molecular formula is C20H24N4O6S2. The summed E-state index contributed by atoms with van der Waals surface area (Å²) in [5, 5.41) is 2.58. The van der Waals surface area contributed by atoms with E-state index >= 15 is 0 Å². The van der Waals surface area contributed by atoms with Gasteiger partial charge in [0.25, 0.3) is 20.1 Å². The van der Waals surface area contributed by atoms with Gasteiger partial charge in [-0.2, -0.15) is 8.42 Å². The number of nitrogens with zero attached hydrogens (tertiary/aromatic N) is 2. The molecular weight excluding hydrogens is 456 g/mol. The van der Waals surface area contributed by atoms with Crippen LogP contribution in [-0.4, -0.2) is 45.2 Å². The molecule has 0 aliphatic heterocycles. The summed E-state index contributed by atoms with van der Waals surface area (Å²) in [5.41, 5.74) is 2.14. The zero-order chi connectivity index (χ0) is 23.5. The lowest BCUT2D eigenvalue weighted by Gasteiger charge is -2.10. The van der Waals surface area contributed by atoms with Crippen molar-refractivity contribution in [3.63, 3.8) is 0 Å². The summed E-state index contributed by atoms with van der Waals surface area (Å²) in [7, 11) is -7.39. The van der Waals surface area contributed by atoms with E-state index in [1.54, 1.807) is 18.2 Å². The Bertz CT molecular complexity index is 1350. The Hall–Kier alpha value is -2.96. The number of carbonyl (C=O) groups excluding carboxylic acids is 1. The summed E-state index contributed by atoms with van der Waals surface area (Å²) >= 11 is 0. The van der Waals surface area contributed by atoms with Crippen molar-refractivity contribution in [1.29, 1.82) is 0 Å². The Labute approximate surface area is 186 Å². The monoisotopic (exact) mass is 480 g/mol. The Morgan fingerprint density at radius 1 is 1.06 bits per heavy atom. The molecule has 1 amide bonds. The van der Waals surface area contributed by atoms with Crippen molar-refractivity contribution >= 4 is 48.5 Å². The van der Waals surface area contributed by atoms with Crippen LogP contribution in [0.5, 0.6) is 0 Å². The van der Waals surface area contributed by atoms with Crippen LogP contribution in [0.15, 0.2) is 47.4 Å². The molecule has 0 spiro atoms. The summed E-state index contributed by atoms with van der Waals surface area (Å²) in [5.74, 6) is 0.478. The van der Waals surface area contributed by atoms with Gasteiger partial charge in [0.15, 0.2) is 0 Å². The third-order valence-corrected chi connectivity index (χ3v) is 6.49. The van der Waals surface area contributed by atoms with E-state index in [0.29, 0.717) is 29.9 Å². The molecule has 0 saturated carbocycles. The number of hydrogen-bond donors (Lipinski definition) is 2. The first kappa shape index (κ1) is 23.7. The second kappa shape index (κ2) is 9.27. The second-order valence-electron chi connectivity index (χ2n) is 7.07. The zero-order valence-corrected chi connectivity index (χ0v) is 19.5. The molecule has 10 nitrogen and oxygen atoms in total. The minimum Gasteiger partial charge on any atom is -0.326 e. The summed E-state index contributed by atoms with van der Waals surface area (Å²) in [6.45, 7) is 3.55. The molecule has 2 N–H and O–H groups in total. The van der Waals surface area contributed by atoms with Crippen molar-refractivity contribution in [3.05, 3.63) is 48.3 Å². The van der Waals surface area contributed by atoms with Gasteiger partial charge in [0.05, 0.1) is 34.5 Å². The van der Waals surface area contributed by atoms with Crippen LogP contribution in [0.4, 0.5) is 11.4 Å². The highest BCUT2D eigenvalue weighted by Crippen LogP contribution is 2.24. The molecule has 0 atom stereocenters. The number of hydrogen-bond acceptors (Lipinski definition) is 7. The molecule has 0 aliphatic carbocycles. The first-order chi connectivity index (χ1) is 15.0. The van der Waals surface area contributed by atoms with Crippen molar-refractivity contribution < 1.29 is 25.8 Å². The van der Waals surface area contributed by atoms with Gasteiger partial charge >= 0.3 is 0 Å². The highest BCUT2D eigenvalue weighted by molar-refractivity contribution is 7.92. The van der Waals surface area contributed by atoms with E-state index < -0.39 is 20.1 Å². The van der Waals surface area contributed by atoms with Crippen molar-refractivity contribution in [3.8, 4) is 0 Å².